The lowest BCUT2D eigenvalue weighted by Gasteiger charge is -2.33. The maximum Gasteiger partial charge on any atom is 0.341 e. The van der Waals surface area contributed by atoms with Crippen molar-refractivity contribution in [2.45, 2.75) is 40.0 Å². The molecule has 150 valence electrons. The number of hydrogen-bond acceptors (Lipinski definition) is 4. The second-order valence-corrected chi connectivity index (χ2v) is 10.0. The second-order valence-electron chi connectivity index (χ2n) is 8.08. The summed E-state index contributed by atoms with van der Waals surface area (Å²) in [6.07, 6.45) is 2.70. The van der Waals surface area contributed by atoms with E-state index in [1.165, 1.54) is 24.5 Å². The molecule has 28 heavy (non-hydrogen) atoms. The van der Waals surface area contributed by atoms with Gasteiger partial charge in [-0.1, -0.05) is 44.0 Å². The van der Waals surface area contributed by atoms with Crippen molar-refractivity contribution in [2.24, 2.45) is 11.3 Å². The largest absolute Gasteiger partial charge is 0.465 e. The highest BCUT2D eigenvalue weighted by Crippen LogP contribution is 2.44. The standard InChI is InChI=1S/C21H23Cl2NO3S/c1-21(2,3)11-5-7-14-16(9-11)28-19(17(14)20(26)27-4)24-18(25)13-8-6-12(22)10-15(13)23/h6,8,10-11H,5,7,9H2,1-4H3,(H,24,25)/t11-/m1/s1. The van der Waals surface area contributed by atoms with Gasteiger partial charge in [-0.3, -0.25) is 4.79 Å². The fraction of sp³-hybridized carbons (Fsp3) is 0.429. The summed E-state index contributed by atoms with van der Waals surface area (Å²) in [5, 5.41) is 4.10. The van der Waals surface area contributed by atoms with E-state index in [0.29, 0.717) is 27.1 Å². The van der Waals surface area contributed by atoms with Crippen molar-refractivity contribution in [1.29, 1.82) is 0 Å². The zero-order valence-corrected chi connectivity index (χ0v) is 18.6. The van der Waals surface area contributed by atoms with Crippen LogP contribution in [0.4, 0.5) is 5.00 Å². The quantitative estimate of drug-likeness (QED) is 0.575. The Morgan fingerprint density at radius 3 is 2.57 bits per heavy atom. The number of esters is 1. The van der Waals surface area contributed by atoms with Crippen LogP contribution < -0.4 is 5.32 Å². The van der Waals surface area contributed by atoms with Gasteiger partial charge in [-0.15, -0.1) is 11.3 Å². The molecule has 1 aromatic heterocycles. The average molecular weight is 440 g/mol. The summed E-state index contributed by atoms with van der Waals surface area (Å²) in [6, 6.07) is 4.70. The fourth-order valence-electron chi connectivity index (χ4n) is 3.58. The molecule has 1 N–H and O–H groups in total. The number of benzene rings is 1. The third-order valence-corrected chi connectivity index (χ3v) is 7.00. The van der Waals surface area contributed by atoms with Crippen LogP contribution in [0.2, 0.25) is 10.0 Å². The molecule has 3 rings (SSSR count). The zero-order chi connectivity index (χ0) is 20.6. The first-order valence-electron chi connectivity index (χ1n) is 9.11. The van der Waals surface area contributed by atoms with Crippen molar-refractivity contribution < 1.29 is 14.3 Å². The van der Waals surface area contributed by atoms with Crippen LogP contribution in [0, 0.1) is 11.3 Å². The summed E-state index contributed by atoms with van der Waals surface area (Å²) in [4.78, 5) is 26.4. The smallest absolute Gasteiger partial charge is 0.341 e. The Morgan fingerprint density at radius 2 is 1.96 bits per heavy atom. The average Bonchev–Trinajstić information content (AvgIpc) is 2.97. The summed E-state index contributed by atoms with van der Waals surface area (Å²) >= 11 is 13.5. The van der Waals surface area contributed by atoms with Crippen molar-refractivity contribution in [2.75, 3.05) is 12.4 Å². The van der Waals surface area contributed by atoms with Gasteiger partial charge in [0.25, 0.3) is 5.91 Å². The maximum absolute atomic E-state index is 12.8. The molecule has 0 unspecified atom stereocenters. The predicted molar refractivity (Wildman–Crippen MR) is 115 cm³/mol. The SMILES string of the molecule is COC(=O)c1c(NC(=O)c2ccc(Cl)cc2Cl)sc2c1CC[C@@H](C(C)(C)C)C2. The first-order valence-corrected chi connectivity index (χ1v) is 10.7. The van der Waals surface area contributed by atoms with Crippen molar-refractivity contribution in [3.8, 4) is 0 Å². The van der Waals surface area contributed by atoms with Crippen LogP contribution >= 0.6 is 34.5 Å². The third-order valence-electron chi connectivity index (χ3n) is 5.28. The van der Waals surface area contributed by atoms with Gasteiger partial charge in [-0.05, 0) is 54.4 Å². The zero-order valence-electron chi connectivity index (χ0n) is 16.3. The van der Waals surface area contributed by atoms with E-state index in [2.05, 4.69) is 26.1 Å². The Morgan fingerprint density at radius 1 is 1.25 bits per heavy atom. The van der Waals surface area contributed by atoms with E-state index in [4.69, 9.17) is 27.9 Å². The van der Waals surface area contributed by atoms with Crippen molar-refractivity contribution in [3.63, 3.8) is 0 Å². The molecule has 1 aliphatic rings. The van der Waals surface area contributed by atoms with Gasteiger partial charge in [0.2, 0.25) is 0 Å². The number of ether oxygens (including phenoxy) is 1. The molecular weight excluding hydrogens is 417 g/mol. The number of anilines is 1. The van der Waals surface area contributed by atoms with Crippen molar-refractivity contribution in [1.82, 2.24) is 0 Å². The molecular formula is C21H23Cl2NO3S. The number of carbonyl (C=O) groups is 2. The topological polar surface area (TPSA) is 55.4 Å². The number of thiophene rings is 1. The highest BCUT2D eigenvalue weighted by Gasteiger charge is 2.34. The van der Waals surface area contributed by atoms with Gasteiger partial charge in [0, 0.05) is 9.90 Å². The maximum atomic E-state index is 12.8. The van der Waals surface area contributed by atoms with Crippen LogP contribution in [-0.4, -0.2) is 19.0 Å². The number of carbonyl (C=O) groups excluding carboxylic acids is 2. The number of methoxy groups -OCH3 is 1. The number of rotatable bonds is 3. The van der Waals surface area contributed by atoms with E-state index in [1.54, 1.807) is 12.1 Å². The normalized spacial score (nSPS) is 16.4. The lowest BCUT2D eigenvalue weighted by Crippen LogP contribution is -2.26. The van der Waals surface area contributed by atoms with Crippen LogP contribution in [0.25, 0.3) is 0 Å². The highest BCUT2D eigenvalue weighted by molar-refractivity contribution is 7.17. The molecule has 4 nitrogen and oxygen atoms in total. The minimum Gasteiger partial charge on any atom is -0.465 e. The molecule has 0 saturated heterocycles. The van der Waals surface area contributed by atoms with Gasteiger partial charge in [0.1, 0.15) is 5.00 Å². The summed E-state index contributed by atoms with van der Waals surface area (Å²) in [6.45, 7) is 6.72. The molecule has 0 bridgehead atoms. The fourth-order valence-corrected chi connectivity index (χ4v) is 5.38. The molecule has 1 heterocycles. The van der Waals surface area contributed by atoms with Gasteiger partial charge in [-0.25, -0.2) is 4.79 Å². The van der Waals surface area contributed by atoms with E-state index in [1.807, 2.05) is 0 Å². The number of amides is 1. The molecule has 7 heteroatoms. The Bertz CT molecular complexity index is 930. The monoisotopic (exact) mass is 439 g/mol. The van der Waals surface area contributed by atoms with Crippen LogP contribution in [0.5, 0.6) is 0 Å². The Labute approximate surface area is 179 Å². The second kappa shape index (κ2) is 8.05. The molecule has 1 aliphatic carbocycles. The minimum absolute atomic E-state index is 0.188. The van der Waals surface area contributed by atoms with Gasteiger partial charge in [0.15, 0.2) is 0 Å². The summed E-state index contributed by atoms with van der Waals surface area (Å²) in [5.41, 5.74) is 1.96. The molecule has 2 aromatic rings. The van der Waals surface area contributed by atoms with Gasteiger partial charge < -0.3 is 10.1 Å². The first kappa shape index (κ1) is 21.2. The van der Waals surface area contributed by atoms with Crippen LogP contribution in [-0.2, 0) is 17.6 Å². The molecule has 1 atom stereocenters. The Kier molecular flexibility index (Phi) is 6.08. The first-order chi connectivity index (χ1) is 13.1. The lowest BCUT2D eigenvalue weighted by atomic mass is 9.72. The van der Waals surface area contributed by atoms with Crippen LogP contribution in [0.3, 0.4) is 0 Å². The Balaban J connectivity index is 1.96. The molecule has 0 fully saturated rings. The summed E-state index contributed by atoms with van der Waals surface area (Å²) in [5.74, 6) is -0.277. The predicted octanol–water partition coefficient (Wildman–Crippen LogP) is 6.24. The van der Waals surface area contributed by atoms with E-state index in [0.717, 1.165) is 29.7 Å². The molecule has 0 saturated carbocycles. The number of hydrogen-bond donors (Lipinski definition) is 1. The number of fused-ring (bicyclic) bond motifs is 1. The molecule has 1 aromatic carbocycles. The van der Waals surface area contributed by atoms with E-state index >= 15 is 0 Å². The molecule has 1 amide bonds. The number of nitrogens with one attached hydrogen (secondary N) is 1. The van der Waals surface area contributed by atoms with Gasteiger partial charge in [-0.2, -0.15) is 0 Å². The summed E-state index contributed by atoms with van der Waals surface area (Å²) in [7, 11) is 1.36. The Hall–Kier alpha value is -1.56. The lowest BCUT2D eigenvalue weighted by molar-refractivity contribution is 0.0600. The van der Waals surface area contributed by atoms with Gasteiger partial charge in [0.05, 0.1) is 23.3 Å². The third kappa shape index (κ3) is 4.22. The molecule has 0 spiro atoms. The van der Waals surface area contributed by atoms with Crippen molar-refractivity contribution in [3.05, 3.63) is 49.8 Å². The van der Waals surface area contributed by atoms with E-state index < -0.39 is 5.97 Å². The van der Waals surface area contributed by atoms with Gasteiger partial charge >= 0.3 is 5.97 Å². The van der Waals surface area contributed by atoms with E-state index in [9.17, 15) is 9.59 Å². The van der Waals surface area contributed by atoms with E-state index in [-0.39, 0.29) is 16.3 Å². The molecule has 0 radical (unpaired) electrons. The number of halogens is 2. The van der Waals surface area contributed by atoms with Crippen LogP contribution in [0.1, 0.15) is 58.3 Å². The summed E-state index contributed by atoms with van der Waals surface area (Å²) < 4.78 is 5.00. The van der Waals surface area contributed by atoms with Crippen LogP contribution in [0.15, 0.2) is 18.2 Å². The van der Waals surface area contributed by atoms with Crippen molar-refractivity contribution >= 4 is 51.4 Å². The highest BCUT2D eigenvalue weighted by atomic mass is 35.5. The molecule has 0 aliphatic heterocycles. The minimum atomic E-state index is -0.427.